The Morgan fingerprint density at radius 2 is 1.93 bits per heavy atom. The fourth-order valence-electron chi connectivity index (χ4n) is 4.01. The maximum Gasteiger partial charge on any atom is 0.332 e. The zero-order valence-corrected chi connectivity index (χ0v) is 17.8. The number of carbonyl (C=O) groups excluding carboxylic acids is 1. The number of aryl methyl sites for hydroxylation is 2. The summed E-state index contributed by atoms with van der Waals surface area (Å²) in [7, 11) is 1.31. The molecule has 0 saturated carbocycles. The van der Waals surface area contributed by atoms with Gasteiger partial charge in [0.1, 0.15) is 16.2 Å². The molecule has 4 rings (SSSR count). The quantitative estimate of drug-likeness (QED) is 0.606. The maximum atomic E-state index is 13.1. The summed E-state index contributed by atoms with van der Waals surface area (Å²) in [5.41, 5.74) is 5.17. The van der Waals surface area contributed by atoms with Crippen LogP contribution in [0.3, 0.4) is 0 Å². The molecule has 0 amide bonds. The minimum absolute atomic E-state index is 0.162. The first-order chi connectivity index (χ1) is 14.3. The minimum Gasteiger partial charge on any atom is -0.384 e. The first kappa shape index (κ1) is 20.3. The number of aromatic nitrogens is 4. The largest absolute Gasteiger partial charge is 0.384 e. The van der Waals surface area contributed by atoms with Crippen molar-refractivity contribution in [1.82, 2.24) is 18.7 Å². The van der Waals surface area contributed by atoms with Gasteiger partial charge in [0.2, 0.25) is 0 Å². The third-order valence-electron chi connectivity index (χ3n) is 5.57. The molecule has 3 aromatic rings. The van der Waals surface area contributed by atoms with Crippen LogP contribution in [-0.2, 0) is 33.0 Å². The van der Waals surface area contributed by atoms with Crippen LogP contribution in [0.5, 0.6) is 0 Å². The smallest absolute Gasteiger partial charge is 0.332 e. The number of hydrogen-bond donors (Lipinski definition) is 1. The molecule has 10 heteroatoms. The van der Waals surface area contributed by atoms with Crippen molar-refractivity contribution in [3.05, 3.63) is 53.5 Å². The van der Waals surface area contributed by atoms with Gasteiger partial charge < -0.3 is 5.73 Å². The molecule has 0 bridgehead atoms. The summed E-state index contributed by atoms with van der Waals surface area (Å²) >= 11 is 1.53. The predicted molar refractivity (Wildman–Crippen MR) is 115 cm³/mol. The van der Waals surface area contributed by atoms with Gasteiger partial charge in [-0.1, -0.05) is 6.92 Å². The summed E-state index contributed by atoms with van der Waals surface area (Å²) in [6, 6.07) is 0. The number of anilines is 1. The van der Waals surface area contributed by atoms with Gasteiger partial charge in [-0.2, -0.15) is 0 Å². The lowest BCUT2D eigenvalue weighted by atomic mass is 9.97. The molecule has 158 valence electrons. The lowest BCUT2D eigenvalue weighted by molar-refractivity contribution is 0.0968. The van der Waals surface area contributed by atoms with Crippen molar-refractivity contribution in [1.29, 1.82) is 0 Å². The molecule has 2 N–H and O–H groups in total. The second-order valence-electron chi connectivity index (χ2n) is 7.55. The molecule has 30 heavy (non-hydrogen) atoms. The first-order valence-corrected chi connectivity index (χ1v) is 10.8. The van der Waals surface area contributed by atoms with Crippen LogP contribution in [0.4, 0.5) is 5.82 Å². The monoisotopic (exact) mass is 429 g/mol. The second-order valence-corrected chi connectivity index (χ2v) is 8.63. The number of nitrogen functional groups attached to an aromatic ring is 1. The summed E-state index contributed by atoms with van der Waals surface area (Å²) in [4.78, 5) is 57.2. The summed E-state index contributed by atoms with van der Waals surface area (Å²) in [5, 5.41) is 0.571. The molecule has 9 nitrogen and oxygen atoms in total. The number of carbonyl (C=O) groups is 1. The van der Waals surface area contributed by atoms with E-state index in [0.717, 1.165) is 35.8 Å². The Bertz CT molecular complexity index is 1340. The average molecular weight is 430 g/mol. The van der Waals surface area contributed by atoms with Gasteiger partial charge >= 0.3 is 5.69 Å². The van der Waals surface area contributed by atoms with E-state index in [0.29, 0.717) is 16.6 Å². The maximum absolute atomic E-state index is 13.1. The number of nitrogens with two attached hydrogens (primary N) is 1. The van der Waals surface area contributed by atoms with Crippen molar-refractivity contribution in [2.75, 3.05) is 5.73 Å². The predicted octanol–water partition coefficient (Wildman–Crippen LogP) is 1.07. The third-order valence-corrected chi connectivity index (χ3v) is 6.76. The first-order valence-electron chi connectivity index (χ1n) is 9.97. The van der Waals surface area contributed by atoms with E-state index in [-0.39, 0.29) is 30.0 Å². The van der Waals surface area contributed by atoms with Crippen LogP contribution >= 0.6 is 11.3 Å². The van der Waals surface area contributed by atoms with Crippen LogP contribution in [-0.4, -0.2) is 24.5 Å². The third kappa shape index (κ3) is 3.11. The standard InChI is InChI=1S/C20H23N5O4S/c1-3-8-25-16(21)15(18(27)23(2)20(25)29)12(26)9-24-10-22-17-14(19(24)28)11-6-4-5-7-13(11)30-17/h10H,3-9,21H2,1-2H3. The molecule has 0 atom stereocenters. The van der Waals surface area contributed by atoms with E-state index >= 15 is 0 Å². The van der Waals surface area contributed by atoms with E-state index in [1.807, 2.05) is 6.92 Å². The SMILES string of the molecule is CCCn1c(N)c(C(=O)Cn2cnc3sc4c(c3c2=O)CCCC4)c(=O)n(C)c1=O. The second kappa shape index (κ2) is 7.67. The van der Waals surface area contributed by atoms with Gasteiger partial charge in [-0.25, -0.2) is 9.78 Å². The van der Waals surface area contributed by atoms with Crippen molar-refractivity contribution in [2.45, 2.75) is 52.1 Å². The number of fused-ring (bicyclic) bond motifs is 3. The van der Waals surface area contributed by atoms with Gasteiger partial charge in [-0.15, -0.1) is 11.3 Å². The molecule has 0 saturated heterocycles. The van der Waals surface area contributed by atoms with Crippen molar-refractivity contribution in [3.63, 3.8) is 0 Å². The molecule has 0 spiro atoms. The van der Waals surface area contributed by atoms with Crippen molar-refractivity contribution < 1.29 is 4.79 Å². The summed E-state index contributed by atoms with van der Waals surface area (Å²) < 4.78 is 3.31. The summed E-state index contributed by atoms with van der Waals surface area (Å²) in [6.45, 7) is 1.78. The van der Waals surface area contributed by atoms with E-state index in [2.05, 4.69) is 4.98 Å². The Morgan fingerprint density at radius 3 is 2.67 bits per heavy atom. The van der Waals surface area contributed by atoms with Gasteiger partial charge in [-0.05, 0) is 37.7 Å². The number of Topliss-reactive ketones (excluding diaryl/α,β-unsaturated/α-hetero) is 1. The fourth-order valence-corrected chi connectivity index (χ4v) is 5.23. The highest BCUT2D eigenvalue weighted by Gasteiger charge is 2.24. The lowest BCUT2D eigenvalue weighted by Gasteiger charge is -2.14. The van der Waals surface area contributed by atoms with Crippen molar-refractivity contribution >= 4 is 33.2 Å². The molecule has 0 aliphatic heterocycles. The summed E-state index contributed by atoms with van der Waals surface area (Å²) in [6.07, 6.45) is 5.85. The molecule has 0 radical (unpaired) electrons. The number of hydrogen-bond acceptors (Lipinski definition) is 7. The summed E-state index contributed by atoms with van der Waals surface area (Å²) in [5.74, 6) is -0.782. The Morgan fingerprint density at radius 1 is 1.20 bits per heavy atom. The zero-order valence-electron chi connectivity index (χ0n) is 16.9. The van der Waals surface area contributed by atoms with Crippen LogP contribution < -0.4 is 22.5 Å². The van der Waals surface area contributed by atoms with E-state index < -0.39 is 17.0 Å². The van der Waals surface area contributed by atoms with Crippen LogP contribution in [0.25, 0.3) is 10.2 Å². The molecular weight excluding hydrogens is 406 g/mol. The zero-order chi connectivity index (χ0) is 21.6. The molecule has 1 aliphatic carbocycles. The molecular formula is C20H23N5O4S. The van der Waals surface area contributed by atoms with Crippen LogP contribution in [0, 0.1) is 0 Å². The van der Waals surface area contributed by atoms with Gasteiger partial charge in [0.15, 0.2) is 5.78 Å². The fraction of sp³-hybridized carbons (Fsp3) is 0.450. The van der Waals surface area contributed by atoms with E-state index in [4.69, 9.17) is 5.73 Å². The van der Waals surface area contributed by atoms with Gasteiger partial charge in [0, 0.05) is 18.5 Å². The number of ketones is 1. The van der Waals surface area contributed by atoms with Crippen molar-refractivity contribution in [2.24, 2.45) is 7.05 Å². The Hall–Kier alpha value is -3.01. The van der Waals surface area contributed by atoms with Gasteiger partial charge in [0.05, 0.1) is 18.3 Å². The van der Waals surface area contributed by atoms with Gasteiger partial charge in [0.25, 0.3) is 11.1 Å². The molecule has 1 aliphatic rings. The van der Waals surface area contributed by atoms with E-state index in [9.17, 15) is 19.2 Å². The van der Waals surface area contributed by atoms with E-state index in [1.54, 1.807) is 0 Å². The molecule has 3 heterocycles. The van der Waals surface area contributed by atoms with Crippen LogP contribution in [0.15, 0.2) is 20.7 Å². The highest BCUT2D eigenvalue weighted by atomic mass is 32.1. The Balaban J connectivity index is 1.79. The molecule has 3 aromatic heterocycles. The number of thiophene rings is 1. The molecule has 0 unspecified atom stereocenters. The highest BCUT2D eigenvalue weighted by Crippen LogP contribution is 2.33. The topological polar surface area (TPSA) is 122 Å². The normalized spacial score (nSPS) is 13.5. The Kier molecular flexibility index (Phi) is 5.19. The molecule has 0 aromatic carbocycles. The van der Waals surface area contributed by atoms with Gasteiger partial charge in [-0.3, -0.25) is 28.1 Å². The minimum atomic E-state index is -0.759. The number of nitrogens with zero attached hydrogens (tertiary/aromatic N) is 4. The molecule has 0 fully saturated rings. The van der Waals surface area contributed by atoms with E-state index in [1.165, 1.54) is 38.7 Å². The van der Waals surface area contributed by atoms with Crippen molar-refractivity contribution in [3.8, 4) is 0 Å². The van der Waals surface area contributed by atoms with Crippen LogP contribution in [0.2, 0.25) is 0 Å². The number of rotatable bonds is 5. The Labute approximate surface area is 175 Å². The average Bonchev–Trinajstić information content (AvgIpc) is 3.11. The highest BCUT2D eigenvalue weighted by molar-refractivity contribution is 7.18. The lowest BCUT2D eigenvalue weighted by Crippen LogP contribution is -2.43. The van der Waals surface area contributed by atoms with Crippen LogP contribution in [0.1, 0.15) is 47.0 Å².